The molecular formula is C18H13BrN2O6. The van der Waals surface area contributed by atoms with Crippen LogP contribution in [-0.2, 0) is 11.3 Å². The van der Waals surface area contributed by atoms with Gasteiger partial charge in [0.2, 0.25) is 0 Å². The van der Waals surface area contributed by atoms with Crippen molar-refractivity contribution < 1.29 is 23.5 Å². The summed E-state index contributed by atoms with van der Waals surface area (Å²) in [6.45, 7) is -0.229. The molecular weight excluding hydrogens is 420 g/mol. The van der Waals surface area contributed by atoms with Crippen LogP contribution in [0, 0.1) is 0 Å². The molecule has 8 nitrogen and oxygen atoms in total. The van der Waals surface area contributed by atoms with E-state index in [0.717, 1.165) is 0 Å². The number of carbonyl (C=O) groups excluding carboxylic acids is 2. The number of hydrogen-bond donors (Lipinski definition) is 1. The van der Waals surface area contributed by atoms with E-state index >= 15 is 0 Å². The third-order valence-electron chi connectivity index (χ3n) is 3.60. The van der Waals surface area contributed by atoms with Crippen LogP contribution in [0.5, 0.6) is 5.75 Å². The molecule has 3 rings (SSSR count). The van der Waals surface area contributed by atoms with Gasteiger partial charge < -0.3 is 13.9 Å². The molecule has 2 heterocycles. The van der Waals surface area contributed by atoms with E-state index in [0.29, 0.717) is 21.2 Å². The summed E-state index contributed by atoms with van der Waals surface area (Å²) in [5.41, 5.74) is 0.329. The number of nitrogens with one attached hydrogen (secondary N) is 1. The summed E-state index contributed by atoms with van der Waals surface area (Å²) in [5, 5.41) is 2.65. The zero-order valence-corrected chi connectivity index (χ0v) is 15.6. The summed E-state index contributed by atoms with van der Waals surface area (Å²) in [5.74, 6) is -0.151. The van der Waals surface area contributed by atoms with Gasteiger partial charge in [-0.1, -0.05) is 0 Å². The minimum Gasteiger partial charge on any atom is -0.495 e. The number of alkyl carbamates (subject to hydrolysis) is 1. The number of hydrogen-bond acceptors (Lipinski definition) is 7. The van der Waals surface area contributed by atoms with Crippen LogP contribution >= 0.6 is 15.9 Å². The van der Waals surface area contributed by atoms with Crippen LogP contribution in [0.25, 0.3) is 11.0 Å². The van der Waals surface area contributed by atoms with Crippen LogP contribution in [0.1, 0.15) is 15.9 Å². The van der Waals surface area contributed by atoms with E-state index in [4.69, 9.17) is 13.9 Å². The number of benzene rings is 1. The van der Waals surface area contributed by atoms with Gasteiger partial charge in [-0.25, -0.2) is 9.59 Å². The van der Waals surface area contributed by atoms with Gasteiger partial charge >= 0.3 is 11.7 Å². The molecule has 0 bridgehead atoms. The van der Waals surface area contributed by atoms with Gasteiger partial charge in [0.25, 0.3) is 5.91 Å². The summed E-state index contributed by atoms with van der Waals surface area (Å²) in [7, 11) is 1.49. The van der Waals surface area contributed by atoms with E-state index < -0.39 is 17.6 Å². The number of nitrogens with zero attached hydrogens (tertiary/aromatic N) is 1. The van der Waals surface area contributed by atoms with Crippen LogP contribution in [0.4, 0.5) is 4.79 Å². The van der Waals surface area contributed by atoms with Crippen molar-refractivity contribution in [3.8, 4) is 5.75 Å². The second kappa shape index (κ2) is 8.00. The molecule has 2 aromatic heterocycles. The van der Waals surface area contributed by atoms with Gasteiger partial charge in [0.1, 0.15) is 17.9 Å². The molecule has 0 aliphatic rings. The number of halogens is 1. The Labute approximate surface area is 161 Å². The minimum absolute atomic E-state index is 0.219. The van der Waals surface area contributed by atoms with Crippen LogP contribution < -0.4 is 15.7 Å². The monoisotopic (exact) mass is 432 g/mol. The van der Waals surface area contributed by atoms with Gasteiger partial charge in [-0.05, 0) is 34.1 Å². The van der Waals surface area contributed by atoms with Gasteiger partial charge in [-0.15, -0.1) is 0 Å². The molecule has 0 radical (unpaired) electrons. The van der Waals surface area contributed by atoms with Gasteiger partial charge in [0.05, 0.1) is 17.1 Å². The predicted octanol–water partition coefficient (Wildman–Crippen LogP) is 3.03. The van der Waals surface area contributed by atoms with E-state index in [9.17, 15) is 14.4 Å². The lowest BCUT2D eigenvalue weighted by molar-refractivity contribution is 0.0912. The van der Waals surface area contributed by atoms with E-state index in [1.807, 2.05) is 0 Å². The number of imide groups is 1. The number of amides is 2. The Morgan fingerprint density at radius 3 is 2.81 bits per heavy atom. The van der Waals surface area contributed by atoms with Crippen molar-refractivity contribution in [3.63, 3.8) is 0 Å². The average Bonchev–Trinajstić information content (AvgIpc) is 2.66. The lowest BCUT2D eigenvalue weighted by Crippen LogP contribution is -2.31. The van der Waals surface area contributed by atoms with Crippen molar-refractivity contribution in [1.29, 1.82) is 0 Å². The zero-order chi connectivity index (χ0) is 19.4. The van der Waals surface area contributed by atoms with Crippen LogP contribution in [0.15, 0.2) is 56.4 Å². The predicted molar refractivity (Wildman–Crippen MR) is 98.6 cm³/mol. The highest BCUT2D eigenvalue weighted by Gasteiger charge is 2.14. The lowest BCUT2D eigenvalue weighted by atomic mass is 10.1. The fraction of sp³-hybridized carbons (Fsp3) is 0.111. The van der Waals surface area contributed by atoms with E-state index in [2.05, 4.69) is 26.2 Å². The first-order chi connectivity index (χ1) is 13.0. The second-order valence-corrected chi connectivity index (χ2v) is 6.20. The maximum atomic E-state index is 11.9. The quantitative estimate of drug-likeness (QED) is 0.631. The Morgan fingerprint density at radius 2 is 2.11 bits per heavy atom. The Bertz CT molecular complexity index is 1060. The standard InChI is InChI=1S/C18H13BrN2O6/c1-25-15-7-14-12(6-13(15)19)11(5-16(22)27-14)9-26-18(24)21-17(23)10-3-2-4-20-8-10/h2-8H,9H2,1H3,(H,21,23,24). The van der Waals surface area contributed by atoms with Gasteiger partial charge in [-0.2, -0.15) is 0 Å². The van der Waals surface area contributed by atoms with Crippen molar-refractivity contribution in [2.45, 2.75) is 6.61 Å². The minimum atomic E-state index is -0.946. The first-order valence-corrected chi connectivity index (χ1v) is 8.45. The Hall–Kier alpha value is -3.20. The highest BCUT2D eigenvalue weighted by Crippen LogP contribution is 2.31. The molecule has 27 heavy (non-hydrogen) atoms. The van der Waals surface area contributed by atoms with Gasteiger partial charge in [-0.3, -0.25) is 15.1 Å². The van der Waals surface area contributed by atoms with E-state index in [-0.39, 0.29) is 17.8 Å². The highest BCUT2D eigenvalue weighted by molar-refractivity contribution is 9.10. The molecule has 0 unspecified atom stereocenters. The first-order valence-electron chi connectivity index (χ1n) is 7.66. The molecule has 3 aromatic rings. The van der Waals surface area contributed by atoms with Crippen molar-refractivity contribution in [3.05, 3.63) is 68.7 Å². The summed E-state index contributed by atoms with van der Waals surface area (Å²) in [6.07, 6.45) is 1.88. The van der Waals surface area contributed by atoms with Crippen molar-refractivity contribution >= 4 is 38.9 Å². The summed E-state index contributed by atoms with van der Waals surface area (Å²) in [4.78, 5) is 39.4. The van der Waals surface area contributed by atoms with Crippen molar-refractivity contribution in [2.75, 3.05) is 7.11 Å². The molecule has 0 saturated heterocycles. The molecule has 1 N–H and O–H groups in total. The summed E-state index contributed by atoms with van der Waals surface area (Å²) >= 11 is 3.35. The number of rotatable bonds is 4. The SMILES string of the molecule is COc1cc2oc(=O)cc(COC(=O)NC(=O)c3cccnc3)c2cc1Br. The molecule has 0 aliphatic carbocycles. The molecule has 138 valence electrons. The topological polar surface area (TPSA) is 108 Å². The third-order valence-corrected chi connectivity index (χ3v) is 4.22. The second-order valence-electron chi connectivity index (χ2n) is 5.35. The molecule has 0 saturated carbocycles. The van der Waals surface area contributed by atoms with Gasteiger partial charge in [0, 0.05) is 35.5 Å². The van der Waals surface area contributed by atoms with Gasteiger partial charge in [0.15, 0.2) is 0 Å². The largest absolute Gasteiger partial charge is 0.495 e. The van der Waals surface area contributed by atoms with Crippen molar-refractivity contribution in [1.82, 2.24) is 10.3 Å². The molecule has 1 aromatic carbocycles. The fourth-order valence-electron chi connectivity index (χ4n) is 2.35. The Morgan fingerprint density at radius 1 is 1.30 bits per heavy atom. The van der Waals surface area contributed by atoms with Crippen LogP contribution in [-0.4, -0.2) is 24.1 Å². The smallest absolute Gasteiger partial charge is 0.414 e. The highest BCUT2D eigenvalue weighted by atomic mass is 79.9. The lowest BCUT2D eigenvalue weighted by Gasteiger charge is -2.10. The van der Waals surface area contributed by atoms with Crippen LogP contribution in [0.2, 0.25) is 0 Å². The number of aromatic nitrogens is 1. The van der Waals surface area contributed by atoms with Crippen LogP contribution in [0.3, 0.4) is 0 Å². The number of methoxy groups -OCH3 is 1. The maximum absolute atomic E-state index is 11.9. The molecule has 2 amide bonds. The van der Waals surface area contributed by atoms with E-state index in [1.54, 1.807) is 18.2 Å². The number of fused-ring (bicyclic) bond motifs is 1. The zero-order valence-electron chi connectivity index (χ0n) is 14.0. The molecule has 0 aliphatic heterocycles. The molecule has 9 heteroatoms. The Balaban J connectivity index is 1.76. The number of carbonyl (C=O) groups is 2. The fourth-order valence-corrected chi connectivity index (χ4v) is 2.85. The first kappa shape index (κ1) is 18.6. The average molecular weight is 433 g/mol. The van der Waals surface area contributed by atoms with E-state index in [1.165, 1.54) is 31.6 Å². The number of ether oxygens (including phenoxy) is 2. The number of pyridine rings is 1. The Kier molecular flexibility index (Phi) is 5.51. The summed E-state index contributed by atoms with van der Waals surface area (Å²) in [6, 6.07) is 7.54. The third kappa shape index (κ3) is 4.32. The molecule has 0 spiro atoms. The normalized spacial score (nSPS) is 10.4. The van der Waals surface area contributed by atoms with Crippen molar-refractivity contribution in [2.24, 2.45) is 0 Å². The molecule has 0 fully saturated rings. The molecule has 0 atom stereocenters. The maximum Gasteiger partial charge on any atom is 0.414 e. The summed E-state index contributed by atoms with van der Waals surface area (Å²) < 4.78 is 16.0.